The lowest BCUT2D eigenvalue weighted by molar-refractivity contribution is -0.139. The van der Waals surface area contributed by atoms with Crippen LogP contribution in [-0.4, -0.2) is 32.3 Å². The highest BCUT2D eigenvalue weighted by atomic mass is 79.9. The first kappa shape index (κ1) is 17.8. The Morgan fingerprint density at radius 2 is 2.10 bits per heavy atom. The van der Waals surface area contributed by atoms with Crippen molar-refractivity contribution < 1.29 is 22.7 Å². The first-order valence-corrected chi connectivity index (χ1v) is 6.95. The van der Waals surface area contributed by atoms with E-state index in [9.17, 15) is 18.0 Å². The lowest BCUT2D eigenvalue weighted by Crippen LogP contribution is -2.36. The maximum atomic E-state index is 12.0. The molecule has 0 saturated carbocycles. The van der Waals surface area contributed by atoms with Gasteiger partial charge in [0.1, 0.15) is 12.3 Å². The molecule has 1 unspecified atom stereocenters. The van der Waals surface area contributed by atoms with Crippen molar-refractivity contribution in [2.75, 3.05) is 20.2 Å². The number of nitrogens with one attached hydrogen (secondary N) is 2. The summed E-state index contributed by atoms with van der Waals surface area (Å²) in [4.78, 5) is 11.3. The summed E-state index contributed by atoms with van der Waals surface area (Å²) >= 11 is 3.33. The first-order chi connectivity index (χ1) is 9.73. The quantitative estimate of drug-likeness (QED) is 0.811. The van der Waals surface area contributed by atoms with Crippen LogP contribution >= 0.6 is 15.9 Å². The molecule has 1 aromatic rings. The number of ether oxygens (including phenoxy) is 1. The summed E-state index contributed by atoms with van der Waals surface area (Å²) in [6, 6.07) is 5.18. The van der Waals surface area contributed by atoms with E-state index in [0.29, 0.717) is 5.75 Å². The van der Waals surface area contributed by atoms with E-state index in [1.807, 2.05) is 13.0 Å². The van der Waals surface area contributed by atoms with Gasteiger partial charge in [0.15, 0.2) is 6.61 Å². The third-order valence-corrected chi connectivity index (χ3v) is 3.21. The van der Waals surface area contributed by atoms with Gasteiger partial charge in [0, 0.05) is 16.1 Å². The summed E-state index contributed by atoms with van der Waals surface area (Å²) in [7, 11) is 1.77. The first-order valence-electron chi connectivity index (χ1n) is 6.16. The van der Waals surface area contributed by atoms with E-state index in [2.05, 4.69) is 21.2 Å². The van der Waals surface area contributed by atoms with Gasteiger partial charge in [0.2, 0.25) is 0 Å². The molecule has 0 spiro atoms. The maximum absolute atomic E-state index is 12.0. The van der Waals surface area contributed by atoms with Crippen LogP contribution in [0.3, 0.4) is 0 Å². The summed E-state index contributed by atoms with van der Waals surface area (Å²) < 4.78 is 42.1. The number of hydrogen-bond acceptors (Lipinski definition) is 3. The molecule has 21 heavy (non-hydrogen) atoms. The maximum Gasteiger partial charge on any atom is 0.405 e. The highest BCUT2D eigenvalue weighted by Gasteiger charge is 2.27. The van der Waals surface area contributed by atoms with Gasteiger partial charge in [-0.1, -0.05) is 15.9 Å². The van der Waals surface area contributed by atoms with Crippen molar-refractivity contribution in [3.63, 3.8) is 0 Å². The summed E-state index contributed by atoms with van der Waals surface area (Å²) in [6.45, 7) is 0.0643. The van der Waals surface area contributed by atoms with Crippen molar-refractivity contribution in [3.05, 3.63) is 28.2 Å². The van der Waals surface area contributed by atoms with Gasteiger partial charge in [-0.3, -0.25) is 4.79 Å². The monoisotopic (exact) mass is 368 g/mol. The fraction of sp³-hybridized carbons (Fsp3) is 0.462. The molecule has 2 N–H and O–H groups in total. The van der Waals surface area contributed by atoms with Crippen LogP contribution in [0.4, 0.5) is 13.2 Å². The van der Waals surface area contributed by atoms with E-state index in [1.54, 1.807) is 24.5 Å². The van der Waals surface area contributed by atoms with Crippen molar-refractivity contribution in [1.29, 1.82) is 0 Å². The van der Waals surface area contributed by atoms with Gasteiger partial charge < -0.3 is 15.4 Å². The number of carbonyl (C=O) groups is 1. The lowest BCUT2D eigenvalue weighted by Gasteiger charge is -2.17. The van der Waals surface area contributed by atoms with Crippen LogP contribution in [0.15, 0.2) is 22.7 Å². The molecule has 1 rings (SSSR count). The molecule has 0 fully saturated rings. The van der Waals surface area contributed by atoms with Gasteiger partial charge in [-0.2, -0.15) is 13.2 Å². The van der Waals surface area contributed by atoms with Crippen LogP contribution < -0.4 is 15.4 Å². The van der Waals surface area contributed by atoms with Crippen molar-refractivity contribution in [3.8, 4) is 5.75 Å². The van der Waals surface area contributed by atoms with E-state index < -0.39 is 25.2 Å². The second-order valence-electron chi connectivity index (χ2n) is 4.37. The standard InChI is InChI=1S/C13H16BrF3N2O2/c1-8(18-2)10-5-9(14)3-4-11(10)21-6-12(20)19-7-13(15,16)17/h3-5,8,18H,6-7H2,1-2H3,(H,19,20). The van der Waals surface area contributed by atoms with E-state index >= 15 is 0 Å². The fourth-order valence-corrected chi connectivity index (χ4v) is 1.92. The average molecular weight is 369 g/mol. The van der Waals surface area contributed by atoms with Crippen molar-refractivity contribution in [2.45, 2.75) is 19.1 Å². The minimum absolute atomic E-state index is 0.0317. The zero-order chi connectivity index (χ0) is 16.0. The van der Waals surface area contributed by atoms with Crippen molar-refractivity contribution >= 4 is 21.8 Å². The smallest absolute Gasteiger partial charge is 0.405 e. The van der Waals surface area contributed by atoms with Gasteiger partial charge in [-0.15, -0.1) is 0 Å². The Hall–Kier alpha value is -1.28. The molecule has 0 aliphatic rings. The molecule has 0 aliphatic heterocycles. The Labute approximate surface area is 129 Å². The number of benzene rings is 1. The van der Waals surface area contributed by atoms with E-state index in [4.69, 9.17) is 4.74 Å². The van der Waals surface area contributed by atoms with E-state index in [0.717, 1.165) is 10.0 Å². The van der Waals surface area contributed by atoms with Crippen LogP contribution in [0.25, 0.3) is 0 Å². The molecule has 0 aromatic heterocycles. The third-order valence-electron chi connectivity index (χ3n) is 2.72. The second-order valence-corrected chi connectivity index (χ2v) is 5.29. The highest BCUT2D eigenvalue weighted by molar-refractivity contribution is 9.10. The molecule has 8 heteroatoms. The average Bonchev–Trinajstić information content (AvgIpc) is 2.42. The SMILES string of the molecule is CNC(C)c1cc(Br)ccc1OCC(=O)NCC(F)(F)F. The fourth-order valence-electron chi connectivity index (χ4n) is 1.54. The lowest BCUT2D eigenvalue weighted by atomic mass is 10.1. The summed E-state index contributed by atoms with van der Waals surface area (Å²) in [6.07, 6.45) is -4.43. The van der Waals surface area contributed by atoms with Gasteiger partial charge >= 0.3 is 6.18 Å². The van der Waals surface area contributed by atoms with Gasteiger partial charge in [0.05, 0.1) is 0 Å². The molecular formula is C13H16BrF3N2O2. The molecule has 1 atom stereocenters. The molecule has 1 aromatic carbocycles. The third kappa shape index (κ3) is 6.34. The minimum Gasteiger partial charge on any atom is -0.483 e. The topological polar surface area (TPSA) is 50.4 Å². The predicted molar refractivity (Wildman–Crippen MR) is 76.2 cm³/mol. The molecule has 0 heterocycles. The number of alkyl halides is 3. The largest absolute Gasteiger partial charge is 0.483 e. The second kappa shape index (κ2) is 7.65. The van der Waals surface area contributed by atoms with Crippen LogP contribution in [0, 0.1) is 0 Å². The number of amides is 1. The summed E-state index contributed by atoms with van der Waals surface area (Å²) in [5, 5.41) is 4.78. The van der Waals surface area contributed by atoms with E-state index in [-0.39, 0.29) is 6.04 Å². The van der Waals surface area contributed by atoms with Crippen LogP contribution in [0.5, 0.6) is 5.75 Å². The minimum atomic E-state index is -4.43. The Morgan fingerprint density at radius 3 is 2.67 bits per heavy atom. The Bertz CT molecular complexity index is 495. The Balaban J connectivity index is 2.65. The molecule has 0 aliphatic carbocycles. The number of hydrogen-bond donors (Lipinski definition) is 2. The molecular weight excluding hydrogens is 353 g/mol. The normalized spacial score (nSPS) is 12.9. The number of halogens is 4. The zero-order valence-corrected chi connectivity index (χ0v) is 13.1. The Kier molecular flexibility index (Phi) is 6.47. The van der Waals surface area contributed by atoms with Gasteiger partial charge in [0.25, 0.3) is 5.91 Å². The zero-order valence-electron chi connectivity index (χ0n) is 11.6. The van der Waals surface area contributed by atoms with Crippen molar-refractivity contribution in [2.24, 2.45) is 0 Å². The van der Waals surface area contributed by atoms with E-state index in [1.165, 1.54) is 0 Å². The molecule has 0 bridgehead atoms. The van der Waals surface area contributed by atoms with Gasteiger partial charge in [-0.25, -0.2) is 0 Å². The Morgan fingerprint density at radius 1 is 1.43 bits per heavy atom. The molecule has 0 radical (unpaired) electrons. The highest BCUT2D eigenvalue weighted by Crippen LogP contribution is 2.28. The van der Waals surface area contributed by atoms with Crippen LogP contribution in [0.2, 0.25) is 0 Å². The molecule has 4 nitrogen and oxygen atoms in total. The predicted octanol–water partition coefficient (Wildman–Crippen LogP) is 2.79. The van der Waals surface area contributed by atoms with Crippen LogP contribution in [-0.2, 0) is 4.79 Å². The molecule has 1 amide bonds. The molecule has 0 saturated heterocycles. The molecule has 118 valence electrons. The number of carbonyl (C=O) groups excluding carboxylic acids is 1. The van der Waals surface area contributed by atoms with Gasteiger partial charge in [-0.05, 0) is 32.2 Å². The summed E-state index contributed by atoms with van der Waals surface area (Å²) in [5.74, 6) is -0.375. The number of rotatable bonds is 6. The van der Waals surface area contributed by atoms with Crippen molar-refractivity contribution in [1.82, 2.24) is 10.6 Å². The summed E-state index contributed by atoms with van der Waals surface area (Å²) in [5.41, 5.74) is 0.801. The van der Waals surface area contributed by atoms with Crippen LogP contribution in [0.1, 0.15) is 18.5 Å².